The van der Waals surface area contributed by atoms with Crippen LogP contribution in [0.15, 0.2) is 24.8 Å². The summed E-state index contributed by atoms with van der Waals surface area (Å²) >= 11 is 5.63. The molecule has 13 heavy (non-hydrogen) atoms. The summed E-state index contributed by atoms with van der Waals surface area (Å²) in [7, 11) is 0. The van der Waals surface area contributed by atoms with Crippen LogP contribution < -0.4 is 4.74 Å². The lowest BCUT2D eigenvalue weighted by molar-refractivity contribution is -0.0497. The average molecular weight is 204 g/mol. The van der Waals surface area contributed by atoms with Crippen LogP contribution in [0.2, 0.25) is 5.02 Å². The van der Waals surface area contributed by atoms with Gasteiger partial charge in [-0.2, -0.15) is 8.78 Å². The van der Waals surface area contributed by atoms with E-state index in [2.05, 4.69) is 17.4 Å². The Labute approximate surface area is 79.6 Å². The Kier molecular flexibility index (Phi) is 3.25. The van der Waals surface area contributed by atoms with Gasteiger partial charge in [0.05, 0.1) is 5.02 Å². The molecular formula is C9H6ClF2O. The molecule has 1 nitrogen and oxygen atoms in total. The number of benzene rings is 1. The van der Waals surface area contributed by atoms with E-state index in [-0.39, 0.29) is 10.8 Å². The minimum Gasteiger partial charge on any atom is -0.433 e. The second-order valence-electron chi connectivity index (χ2n) is 2.20. The van der Waals surface area contributed by atoms with Gasteiger partial charge in [-0.25, -0.2) is 0 Å². The molecule has 1 aromatic rings. The first kappa shape index (κ1) is 9.99. The van der Waals surface area contributed by atoms with Gasteiger partial charge in [0, 0.05) is 0 Å². The molecule has 0 unspecified atom stereocenters. The van der Waals surface area contributed by atoms with Gasteiger partial charge in [0.2, 0.25) is 0 Å². The molecular weight excluding hydrogens is 198 g/mol. The summed E-state index contributed by atoms with van der Waals surface area (Å²) in [4.78, 5) is 0. The molecule has 1 radical (unpaired) electrons. The molecule has 0 spiro atoms. The highest BCUT2D eigenvalue weighted by Gasteiger charge is 2.07. The largest absolute Gasteiger partial charge is 0.433 e. The molecule has 1 aromatic carbocycles. The molecule has 0 N–H and O–H groups in total. The van der Waals surface area contributed by atoms with Crippen LogP contribution in [0.1, 0.15) is 5.56 Å². The van der Waals surface area contributed by atoms with E-state index < -0.39 is 6.61 Å². The monoisotopic (exact) mass is 203 g/mol. The van der Waals surface area contributed by atoms with Crippen molar-refractivity contribution in [3.05, 3.63) is 41.4 Å². The summed E-state index contributed by atoms with van der Waals surface area (Å²) in [5.41, 5.74) is 0.631. The molecule has 0 fully saturated rings. The van der Waals surface area contributed by atoms with Crippen molar-refractivity contribution in [2.75, 3.05) is 0 Å². The molecule has 0 aliphatic heterocycles. The third kappa shape index (κ3) is 2.70. The molecule has 0 aromatic heterocycles. The molecule has 0 amide bonds. The number of halogens is 3. The number of ether oxygens (including phenoxy) is 1. The minimum atomic E-state index is -2.86. The maximum Gasteiger partial charge on any atom is 0.387 e. The van der Waals surface area contributed by atoms with Crippen molar-refractivity contribution in [3.63, 3.8) is 0 Å². The summed E-state index contributed by atoms with van der Waals surface area (Å²) in [5, 5.41) is 0.119. The van der Waals surface area contributed by atoms with Gasteiger partial charge in [0.25, 0.3) is 0 Å². The van der Waals surface area contributed by atoms with Gasteiger partial charge >= 0.3 is 6.61 Å². The van der Waals surface area contributed by atoms with E-state index in [0.717, 1.165) is 0 Å². The minimum absolute atomic E-state index is 0.0457. The second kappa shape index (κ2) is 4.23. The first-order chi connectivity index (χ1) is 6.13. The lowest BCUT2D eigenvalue weighted by Gasteiger charge is -2.06. The van der Waals surface area contributed by atoms with Crippen molar-refractivity contribution in [3.8, 4) is 5.75 Å². The molecule has 1 rings (SSSR count). The van der Waals surface area contributed by atoms with E-state index in [1.54, 1.807) is 0 Å². The van der Waals surface area contributed by atoms with Gasteiger partial charge in [-0.15, -0.1) is 0 Å². The van der Waals surface area contributed by atoms with Gasteiger partial charge in [-0.3, -0.25) is 0 Å². The predicted molar refractivity (Wildman–Crippen MR) is 46.1 cm³/mol. The van der Waals surface area contributed by atoms with Crippen molar-refractivity contribution in [2.24, 2.45) is 0 Å². The molecule has 69 valence electrons. The SMILES string of the molecule is C=[C]c1ccc(OC(F)F)c(Cl)c1. The second-order valence-corrected chi connectivity index (χ2v) is 2.61. The van der Waals surface area contributed by atoms with Gasteiger partial charge in [0.1, 0.15) is 5.75 Å². The summed E-state index contributed by atoms with van der Waals surface area (Å²) in [6.07, 6.45) is 2.57. The number of rotatable bonds is 3. The number of hydrogen-bond donors (Lipinski definition) is 0. The summed E-state index contributed by atoms with van der Waals surface area (Å²) in [6.45, 7) is 0.525. The quantitative estimate of drug-likeness (QED) is 0.733. The zero-order chi connectivity index (χ0) is 9.84. The fourth-order valence-electron chi connectivity index (χ4n) is 0.802. The Morgan fingerprint density at radius 1 is 1.46 bits per heavy atom. The van der Waals surface area contributed by atoms with E-state index in [1.165, 1.54) is 18.2 Å². The highest BCUT2D eigenvalue weighted by Crippen LogP contribution is 2.26. The Morgan fingerprint density at radius 2 is 2.15 bits per heavy atom. The zero-order valence-corrected chi connectivity index (χ0v) is 7.31. The topological polar surface area (TPSA) is 9.23 Å². The van der Waals surface area contributed by atoms with E-state index in [0.29, 0.717) is 5.56 Å². The summed E-state index contributed by atoms with van der Waals surface area (Å²) in [6, 6.07) is 4.34. The van der Waals surface area contributed by atoms with Crippen LogP contribution in [0, 0.1) is 6.08 Å². The molecule has 0 saturated heterocycles. The first-order valence-corrected chi connectivity index (χ1v) is 3.78. The van der Waals surface area contributed by atoms with Crippen molar-refractivity contribution in [2.45, 2.75) is 6.61 Å². The maximum absolute atomic E-state index is 11.8. The van der Waals surface area contributed by atoms with Crippen molar-refractivity contribution >= 4 is 11.6 Å². The average Bonchev–Trinajstić information content (AvgIpc) is 2.08. The van der Waals surface area contributed by atoms with E-state index >= 15 is 0 Å². The molecule has 0 heterocycles. The molecule has 0 saturated carbocycles. The van der Waals surface area contributed by atoms with E-state index in [4.69, 9.17) is 11.6 Å². The smallest absolute Gasteiger partial charge is 0.387 e. The summed E-state index contributed by atoms with van der Waals surface area (Å²) < 4.78 is 27.7. The summed E-state index contributed by atoms with van der Waals surface area (Å²) in [5.74, 6) is -0.0457. The van der Waals surface area contributed by atoms with Crippen LogP contribution in [0.25, 0.3) is 0 Å². The van der Waals surface area contributed by atoms with Crippen LogP contribution in [0.4, 0.5) is 8.78 Å². The van der Waals surface area contributed by atoms with Crippen LogP contribution in [-0.4, -0.2) is 6.61 Å². The van der Waals surface area contributed by atoms with Gasteiger partial charge in [0.15, 0.2) is 0 Å². The zero-order valence-electron chi connectivity index (χ0n) is 6.56. The Morgan fingerprint density at radius 3 is 2.62 bits per heavy atom. The van der Waals surface area contributed by atoms with Gasteiger partial charge in [-0.1, -0.05) is 24.2 Å². The fourth-order valence-corrected chi connectivity index (χ4v) is 1.03. The van der Waals surface area contributed by atoms with E-state index in [1.807, 2.05) is 0 Å². The van der Waals surface area contributed by atoms with Crippen molar-refractivity contribution in [1.29, 1.82) is 0 Å². The molecule has 4 heteroatoms. The van der Waals surface area contributed by atoms with Crippen molar-refractivity contribution < 1.29 is 13.5 Å². The molecule has 0 aliphatic rings. The molecule has 0 bridgehead atoms. The van der Waals surface area contributed by atoms with Crippen LogP contribution in [0.5, 0.6) is 5.75 Å². The highest BCUT2D eigenvalue weighted by atomic mass is 35.5. The lowest BCUT2D eigenvalue weighted by atomic mass is 10.2. The van der Waals surface area contributed by atoms with E-state index in [9.17, 15) is 8.78 Å². The predicted octanol–water partition coefficient (Wildman–Crippen LogP) is 3.28. The fraction of sp³-hybridized carbons (Fsp3) is 0.111. The number of alkyl halides is 2. The van der Waals surface area contributed by atoms with Crippen LogP contribution in [-0.2, 0) is 0 Å². The Bertz CT molecular complexity index is 312. The highest BCUT2D eigenvalue weighted by molar-refractivity contribution is 6.32. The van der Waals surface area contributed by atoms with Gasteiger partial charge < -0.3 is 4.74 Å². The number of hydrogen-bond acceptors (Lipinski definition) is 1. The van der Waals surface area contributed by atoms with Crippen molar-refractivity contribution in [1.82, 2.24) is 0 Å². The standard InChI is InChI=1S/C9H6ClF2O/c1-2-6-3-4-8(7(10)5-6)13-9(11)12/h3-5,9H,1H2. The third-order valence-corrected chi connectivity index (χ3v) is 1.65. The maximum atomic E-state index is 11.8. The lowest BCUT2D eigenvalue weighted by Crippen LogP contribution is -2.02. The van der Waals surface area contributed by atoms with Crippen LogP contribution in [0.3, 0.4) is 0 Å². The third-order valence-electron chi connectivity index (χ3n) is 1.35. The molecule has 0 atom stereocenters. The Balaban J connectivity index is 2.91. The van der Waals surface area contributed by atoms with Gasteiger partial charge in [-0.05, 0) is 23.8 Å². The first-order valence-electron chi connectivity index (χ1n) is 3.41. The Hall–Kier alpha value is -1.09. The van der Waals surface area contributed by atoms with Crippen LogP contribution >= 0.6 is 11.6 Å². The normalized spacial score (nSPS) is 10.2. The molecule has 0 aliphatic carbocycles.